The predicted molar refractivity (Wildman–Crippen MR) is 55.7 cm³/mol. The summed E-state index contributed by atoms with van der Waals surface area (Å²) in [4.78, 5) is 0. The third-order valence-corrected chi connectivity index (χ3v) is 2.50. The first-order valence-corrected chi connectivity index (χ1v) is 5.31. The standard InChI is InChI=1S/C10H23B/c1-4-10(2)8-6-5-7-9-11-3/h10-11H,4-9H2,1-3H3. The Hall–Kier alpha value is 0.0649. The molecule has 0 aliphatic heterocycles. The fourth-order valence-corrected chi connectivity index (χ4v) is 1.30. The second-order valence-electron chi connectivity index (χ2n) is 3.72. The van der Waals surface area contributed by atoms with Gasteiger partial charge in [0.05, 0.1) is 0 Å². The Morgan fingerprint density at radius 1 is 1.18 bits per heavy atom. The molecule has 1 heteroatoms. The summed E-state index contributed by atoms with van der Waals surface area (Å²) in [6, 6.07) is 0. The van der Waals surface area contributed by atoms with Crippen molar-refractivity contribution in [3.8, 4) is 0 Å². The predicted octanol–water partition coefficient (Wildman–Crippen LogP) is 3.50. The zero-order chi connectivity index (χ0) is 8.53. The topological polar surface area (TPSA) is 0 Å². The first-order chi connectivity index (χ1) is 5.31. The molecule has 1 unspecified atom stereocenters. The molecule has 0 aromatic rings. The molecule has 0 amide bonds. The van der Waals surface area contributed by atoms with Gasteiger partial charge in [-0.05, 0) is 5.92 Å². The van der Waals surface area contributed by atoms with E-state index in [1.807, 2.05) is 0 Å². The highest BCUT2D eigenvalue weighted by atomic mass is 14.0. The molecule has 0 aromatic heterocycles. The van der Waals surface area contributed by atoms with Crippen LogP contribution >= 0.6 is 0 Å². The molecule has 0 bridgehead atoms. The second-order valence-corrected chi connectivity index (χ2v) is 3.72. The van der Waals surface area contributed by atoms with Crippen LogP contribution in [0.1, 0.15) is 46.0 Å². The van der Waals surface area contributed by atoms with Crippen molar-refractivity contribution in [1.29, 1.82) is 0 Å². The lowest BCUT2D eigenvalue weighted by Gasteiger charge is -2.06. The summed E-state index contributed by atoms with van der Waals surface area (Å²) in [5, 5.41) is 0. The first-order valence-electron chi connectivity index (χ1n) is 5.31. The summed E-state index contributed by atoms with van der Waals surface area (Å²) in [6.45, 7) is 6.92. The monoisotopic (exact) mass is 154 g/mol. The molecule has 0 fully saturated rings. The SMILES string of the molecule is CBCCCCCC(C)CC. The van der Waals surface area contributed by atoms with Crippen LogP contribution in [-0.2, 0) is 0 Å². The lowest BCUT2D eigenvalue weighted by atomic mass is 9.76. The van der Waals surface area contributed by atoms with Crippen molar-refractivity contribution in [2.75, 3.05) is 0 Å². The summed E-state index contributed by atoms with van der Waals surface area (Å²) in [5.74, 6) is 0.955. The second kappa shape index (κ2) is 8.16. The van der Waals surface area contributed by atoms with E-state index in [2.05, 4.69) is 20.7 Å². The van der Waals surface area contributed by atoms with Gasteiger partial charge in [0.2, 0.25) is 0 Å². The van der Waals surface area contributed by atoms with Crippen molar-refractivity contribution in [2.45, 2.75) is 59.1 Å². The molecule has 0 saturated carbocycles. The van der Waals surface area contributed by atoms with Gasteiger partial charge in [-0.3, -0.25) is 0 Å². The zero-order valence-electron chi connectivity index (χ0n) is 8.53. The fraction of sp³-hybridized carbons (Fsp3) is 1.00. The van der Waals surface area contributed by atoms with Crippen LogP contribution in [0.4, 0.5) is 0 Å². The minimum absolute atomic E-state index is 0.955. The van der Waals surface area contributed by atoms with Gasteiger partial charge >= 0.3 is 0 Å². The van der Waals surface area contributed by atoms with Gasteiger partial charge in [-0.2, -0.15) is 0 Å². The lowest BCUT2D eigenvalue weighted by molar-refractivity contribution is 0.482. The van der Waals surface area contributed by atoms with Crippen molar-refractivity contribution in [2.24, 2.45) is 5.92 Å². The molecule has 66 valence electrons. The van der Waals surface area contributed by atoms with E-state index in [1.165, 1.54) is 45.7 Å². The van der Waals surface area contributed by atoms with Gasteiger partial charge < -0.3 is 0 Å². The summed E-state index contributed by atoms with van der Waals surface area (Å²) < 4.78 is 0. The van der Waals surface area contributed by atoms with Crippen LogP contribution in [0, 0.1) is 5.92 Å². The summed E-state index contributed by atoms with van der Waals surface area (Å²) in [6.07, 6.45) is 8.59. The molecule has 0 aliphatic carbocycles. The molecule has 0 N–H and O–H groups in total. The quantitative estimate of drug-likeness (QED) is 0.389. The van der Waals surface area contributed by atoms with Crippen LogP contribution in [0.5, 0.6) is 0 Å². The van der Waals surface area contributed by atoms with Gasteiger partial charge in [-0.25, -0.2) is 0 Å². The van der Waals surface area contributed by atoms with Gasteiger partial charge in [-0.15, -0.1) is 0 Å². The molecule has 0 rings (SSSR count). The Bertz CT molecular complexity index is 71.3. The Kier molecular flexibility index (Phi) is 8.21. The van der Waals surface area contributed by atoms with Crippen LogP contribution in [0.3, 0.4) is 0 Å². The molecule has 0 aromatic carbocycles. The Morgan fingerprint density at radius 2 is 1.91 bits per heavy atom. The number of hydrogen-bond acceptors (Lipinski definition) is 0. The first kappa shape index (κ1) is 11.1. The van der Waals surface area contributed by atoms with E-state index in [1.54, 1.807) is 0 Å². The fourth-order valence-electron chi connectivity index (χ4n) is 1.30. The van der Waals surface area contributed by atoms with Crippen LogP contribution in [0.15, 0.2) is 0 Å². The Labute approximate surface area is 73.0 Å². The third-order valence-electron chi connectivity index (χ3n) is 2.50. The molecule has 0 aliphatic rings. The Morgan fingerprint density at radius 3 is 2.45 bits per heavy atom. The maximum absolute atomic E-state index is 2.36. The van der Waals surface area contributed by atoms with Crippen LogP contribution in [0.2, 0.25) is 13.1 Å². The van der Waals surface area contributed by atoms with E-state index < -0.39 is 0 Å². The highest BCUT2D eigenvalue weighted by Crippen LogP contribution is 2.12. The average Bonchev–Trinajstić information content (AvgIpc) is 2.04. The number of unbranched alkanes of at least 4 members (excludes halogenated alkanes) is 2. The van der Waals surface area contributed by atoms with Crippen molar-refractivity contribution >= 4 is 7.28 Å². The van der Waals surface area contributed by atoms with E-state index in [0.29, 0.717) is 0 Å². The highest BCUT2D eigenvalue weighted by Gasteiger charge is 1.97. The maximum Gasteiger partial charge on any atom is 0.117 e. The molecule has 0 radical (unpaired) electrons. The molecular formula is C10H23B. The van der Waals surface area contributed by atoms with Crippen molar-refractivity contribution in [3.63, 3.8) is 0 Å². The van der Waals surface area contributed by atoms with Crippen LogP contribution < -0.4 is 0 Å². The molecule has 11 heavy (non-hydrogen) atoms. The van der Waals surface area contributed by atoms with Crippen molar-refractivity contribution < 1.29 is 0 Å². The molecular weight excluding hydrogens is 131 g/mol. The molecule has 0 nitrogen and oxygen atoms in total. The van der Waals surface area contributed by atoms with E-state index in [0.717, 1.165) is 5.92 Å². The van der Waals surface area contributed by atoms with Gasteiger partial charge in [0.25, 0.3) is 0 Å². The molecule has 0 heterocycles. The number of rotatable bonds is 7. The normalized spacial score (nSPS) is 13.0. The van der Waals surface area contributed by atoms with E-state index in [4.69, 9.17) is 0 Å². The molecule has 1 atom stereocenters. The van der Waals surface area contributed by atoms with Crippen LogP contribution in [0.25, 0.3) is 0 Å². The summed E-state index contributed by atoms with van der Waals surface area (Å²) in [7, 11) is 1.36. The molecule has 0 spiro atoms. The van der Waals surface area contributed by atoms with Gasteiger partial charge in [0.1, 0.15) is 7.28 Å². The van der Waals surface area contributed by atoms with Gasteiger partial charge in [0.15, 0.2) is 0 Å². The maximum atomic E-state index is 2.36. The van der Waals surface area contributed by atoms with Gasteiger partial charge in [-0.1, -0.05) is 59.1 Å². The zero-order valence-corrected chi connectivity index (χ0v) is 8.53. The number of hydrogen-bond donors (Lipinski definition) is 0. The molecule has 0 saturated heterocycles. The average molecular weight is 154 g/mol. The highest BCUT2D eigenvalue weighted by molar-refractivity contribution is 6.33. The lowest BCUT2D eigenvalue weighted by Crippen LogP contribution is -1.91. The van der Waals surface area contributed by atoms with Gasteiger partial charge in [0, 0.05) is 0 Å². The largest absolute Gasteiger partial charge is 0.117 e. The van der Waals surface area contributed by atoms with E-state index >= 15 is 0 Å². The summed E-state index contributed by atoms with van der Waals surface area (Å²) >= 11 is 0. The van der Waals surface area contributed by atoms with Crippen molar-refractivity contribution in [3.05, 3.63) is 0 Å². The van der Waals surface area contributed by atoms with E-state index in [9.17, 15) is 0 Å². The van der Waals surface area contributed by atoms with E-state index in [-0.39, 0.29) is 0 Å². The summed E-state index contributed by atoms with van der Waals surface area (Å²) in [5.41, 5.74) is 0. The minimum atomic E-state index is 0.955. The minimum Gasteiger partial charge on any atom is -0.0893 e. The Balaban J connectivity index is 2.89. The van der Waals surface area contributed by atoms with Crippen LogP contribution in [-0.4, -0.2) is 7.28 Å². The third kappa shape index (κ3) is 7.97. The van der Waals surface area contributed by atoms with Crippen molar-refractivity contribution in [1.82, 2.24) is 0 Å². The smallest absolute Gasteiger partial charge is 0.0893 e.